The summed E-state index contributed by atoms with van der Waals surface area (Å²) in [4.78, 5) is 37.8. The van der Waals surface area contributed by atoms with E-state index in [0.29, 0.717) is 30.4 Å². The number of amides is 2. The first-order chi connectivity index (χ1) is 19.1. The molecule has 0 atom stereocenters. The van der Waals surface area contributed by atoms with Crippen LogP contribution in [0.25, 0.3) is 22.5 Å². The van der Waals surface area contributed by atoms with E-state index < -0.39 is 8.07 Å². The van der Waals surface area contributed by atoms with Gasteiger partial charge in [-0.05, 0) is 48.7 Å². The van der Waals surface area contributed by atoms with Crippen LogP contribution in [0.1, 0.15) is 17.3 Å². The molecule has 2 N–H and O–H groups in total. The van der Waals surface area contributed by atoms with E-state index in [1.54, 1.807) is 24.5 Å². The number of pyridine rings is 2. The predicted molar refractivity (Wildman–Crippen MR) is 163 cm³/mol. The van der Waals surface area contributed by atoms with Crippen molar-refractivity contribution in [2.75, 3.05) is 23.5 Å². The van der Waals surface area contributed by atoms with E-state index in [9.17, 15) is 9.59 Å². The normalized spacial score (nSPS) is 11.3. The van der Waals surface area contributed by atoms with Crippen molar-refractivity contribution in [3.63, 3.8) is 0 Å². The van der Waals surface area contributed by atoms with Gasteiger partial charge in [0, 0.05) is 57.0 Å². The minimum absolute atomic E-state index is 0.199. The van der Waals surface area contributed by atoms with Gasteiger partial charge in [-0.25, -0.2) is 9.97 Å². The summed E-state index contributed by atoms with van der Waals surface area (Å²) in [6, 6.07) is 15.8. The van der Waals surface area contributed by atoms with Crippen molar-refractivity contribution in [3.8, 4) is 22.5 Å². The fourth-order valence-corrected chi connectivity index (χ4v) is 5.31. The molecule has 0 spiro atoms. The van der Waals surface area contributed by atoms with Crippen molar-refractivity contribution in [3.05, 3.63) is 72.7 Å². The Hall–Kier alpha value is -3.80. The summed E-state index contributed by atoms with van der Waals surface area (Å²) in [6.07, 6.45) is 6.80. The SMILES string of the molecule is CSc1nc(-c2cccc(NC(=O)c3cccnc3)c2)c(-c2ccnc(NC(C)=O)c2)n1COCC[Si](C)(C)C. The van der Waals surface area contributed by atoms with Crippen LogP contribution in [0.15, 0.2) is 72.3 Å². The quantitative estimate of drug-likeness (QED) is 0.124. The van der Waals surface area contributed by atoms with Crippen LogP contribution in [-0.4, -0.2) is 52.3 Å². The summed E-state index contributed by atoms with van der Waals surface area (Å²) in [5, 5.41) is 6.51. The van der Waals surface area contributed by atoms with Crippen molar-refractivity contribution in [1.29, 1.82) is 0 Å². The number of rotatable bonds is 11. The molecule has 9 nitrogen and oxygen atoms in total. The Morgan fingerprint density at radius 2 is 1.85 bits per heavy atom. The molecule has 0 aliphatic heterocycles. The van der Waals surface area contributed by atoms with Crippen LogP contribution in [0, 0.1) is 0 Å². The maximum Gasteiger partial charge on any atom is 0.257 e. The maximum atomic E-state index is 12.8. The van der Waals surface area contributed by atoms with E-state index in [2.05, 4.69) is 44.8 Å². The topological polar surface area (TPSA) is 111 Å². The molecule has 0 bridgehead atoms. The number of nitrogens with zero attached hydrogens (tertiary/aromatic N) is 4. The van der Waals surface area contributed by atoms with Crippen molar-refractivity contribution in [2.24, 2.45) is 0 Å². The molecule has 0 fully saturated rings. The Balaban J connectivity index is 1.75. The van der Waals surface area contributed by atoms with Gasteiger partial charge in [0.05, 0.1) is 17.0 Å². The van der Waals surface area contributed by atoms with Crippen LogP contribution in [-0.2, 0) is 16.3 Å². The van der Waals surface area contributed by atoms with Crippen molar-refractivity contribution in [2.45, 2.75) is 44.5 Å². The molecule has 3 heterocycles. The molecule has 40 heavy (non-hydrogen) atoms. The third kappa shape index (κ3) is 7.65. The second kappa shape index (κ2) is 13.0. The number of thioether (sulfide) groups is 1. The number of hydrogen-bond donors (Lipinski definition) is 2. The lowest BCUT2D eigenvalue weighted by molar-refractivity contribution is -0.114. The zero-order chi connectivity index (χ0) is 28.7. The lowest BCUT2D eigenvalue weighted by Crippen LogP contribution is -2.22. The van der Waals surface area contributed by atoms with Gasteiger partial charge in [0.15, 0.2) is 5.16 Å². The lowest BCUT2D eigenvalue weighted by atomic mass is 10.0. The summed E-state index contributed by atoms with van der Waals surface area (Å²) in [6.45, 7) is 9.42. The van der Waals surface area contributed by atoms with Gasteiger partial charge in [0.25, 0.3) is 5.91 Å². The number of benzene rings is 1. The van der Waals surface area contributed by atoms with Gasteiger partial charge in [0.2, 0.25) is 5.91 Å². The average molecular weight is 575 g/mol. The summed E-state index contributed by atoms with van der Waals surface area (Å²) in [5.41, 5.74) is 4.34. The average Bonchev–Trinajstić information content (AvgIpc) is 3.29. The highest BCUT2D eigenvalue weighted by molar-refractivity contribution is 7.98. The summed E-state index contributed by atoms with van der Waals surface area (Å²) >= 11 is 1.53. The maximum absolute atomic E-state index is 12.8. The van der Waals surface area contributed by atoms with Gasteiger partial charge in [-0.3, -0.25) is 19.1 Å². The van der Waals surface area contributed by atoms with E-state index in [-0.39, 0.29) is 11.8 Å². The number of imidazole rings is 1. The molecule has 0 aliphatic rings. The first kappa shape index (κ1) is 29.2. The molecule has 0 aliphatic carbocycles. The molecular weight excluding hydrogens is 541 g/mol. The van der Waals surface area contributed by atoms with Gasteiger partial charge >= 0.3 is 0 Å². The monoisotopic (exact) mass is 574 g/mol. The second-order valence-electron chi connectivity index (χ2n) is 10.5. The Morgan fingerprint density at radius 3 is 2.55 bits per heavy atom. The highest BCUT2D eigenvalue weighted by Crippen LogP contribution is 2.37. The zero-order valence-corrected chi connectivity index (χ0v) is 25.2. The first-order valence-electron chi connectivity index (χ1n) is 12.9. The van der Waals surface area contributed by atoms with E-state index in [4.69, 9.17) is 9.72 Å². The van der Waals surface area contributed by atoms with Crippen LogP contribution in [0.4, 0.5) is 11.5 Å². The van der Waals surface area contributed by atoms with Gasteiger partial charge in [0.1, 0.15) is 12.5 Å². The smallest absolute Gasteiger partial charge is 0.257 e. The number of aromatic nitrogens is 4. The van der Waals surface area contributed by atoms with Gasteiger partial charge in [-0.15, -0.1) is 0 Å². The fourth-order valence-electron chi connectivity index (χ4n) is 4.01. The molecule has 0 unspecified atom stereocenters. The van der Waals surface area contributed by atoms with Crippen molar-refractivity contribution < 1.29 is 14.3 Å². The molecule has 0 saturated carbocycles. The van der Waals surface area contributed by atoms with Gasteiger partial charge in [-0.1, -0.05) is 43.5 Å². The highest BCUT2D eigenvalue weighted by Gasteiger charge is 2.22. The third-order valence-corrected chi connectivity index (χ3v) is 8.37. The second-order valence-corrected chi connectivity index (χ2v) is 16.9. The predicted octanol–water partition coefficient (Wildman–Crippen LogP) is 6.25. The van der Waals surface area contributed by atoms with E-state index in [1.165, 1.54) is 24.9 Å². The Kier molecular flexibility index (Phi) is 9.51. The largest absolute Gasteiger partial charge is 0.361 e. The number of anilines is 2. The minimum Gasteiger partial charge on any atom is -0.361 e. The van der Waals surface area contributed by atoms with Gasteiger partial charge < -0.3 is 15.4 Å². The molecule has 208 valence electrons. The van der Waals surface area contributed by atoms with Gasteiger partial charge in [-0.2, -0.15) is 0 Å². The number of carbonyl (C=O) groups is 2. The van der Waals surface area contributed by atoms with Crippen LogP contribution >= 0.6 is 11.8 Å². The standard InChI is InChI=1S/C29H34N6O3SSi/c1-20(36)32-25-17-22(11-13-31-25)27-26(34-29(39-2)35(27)19-38-14-15-40(3,4)5)21-8-6-10-24(16-21)33-28(37)23-9-7-12-30-18-23/h6-13,16-18H,14-15,19H2,1-5H3,(H,33,37)(H,31,32,36). The Bertz CT molecular complexity index is 1490. The summed E-state index contributed by atoms with van der Waals surface area (Å²) < 4.78 is 8.22. The molecule has 0 radical (unpaired) electrons. The third-order valence-electron chi connectivity index (χ3n) is 5.99. The molecule has 2 amide bonds. The Morgan fingerprint density at radius 1 is 1.02 bits per heavy atom. The number of ether oxygens (including phenoxy) is 1. The minimum atomic E-state index is -1.25. The Labute approximate surface area is 239 Å². The summed E-state index contributed by atoms with van der Waals surface area (Å²) in [7, 11) is -1.25. The van der Waals surface area contributed by atoms with Crippen molar-refractivity contribution in [1.82, 2.24) is 19.5 Å². The molecule has 0 saturated heterocycles. The fraction of sp³-hybridized carbons (Fsp3) is 0.276. The van der Waals surface area contributed by atoms with Crippen LogP contribution in [0.2, 0.25) is 25.7 Å². The van der Waals surface area contributed by atoms with Crippen LogP contribution in [0.5, 0.6) is 0 Å². The van der Waals surface area contributed by atoms with E-state index in [1.807, 2.05) is 42.7 Å². The summed E-state index contributed by atoms with van der Waals surface area (Å²) in [5.74, 6) is 0.00662. The zero-order valence-electron chi connectivity index (χ0n) is 23.4. The lowest BCUT2D eigenvalue weighted by Gasteiger charge is -2.17. The molecular formula is C29H34N6O3SSi. The van der Waals surface area contributed by atoms with Crippen LogP contribution < -0.4 is 10.6 Å². The van der Waals surface area contributed by atoms with Crippen molar-refractivity contribution >= 4 is 43.2 Å². The molecule has 4 rings (SSSR count). The van der Waals surface area contributed by atoms with E-state index >= 15 is 0 Å². The number of hydrogen-bond acceptors (Lipinski definition) is 7. The molecule has 3 aromatic heterocycles. The molecule has 1 aromatic carbocycles. The van der Waals surface area contributed by atoms with Crippen LogP contribution in [0.3, 0.4) is 0 Å². The van der Waals surface area contributed by atoms with E-state index in [0.717, 1.165) is 33.7 Å². The molecule has 4 aromatic rings. The highest BCUT2D eigenvalue weighted by atomic mass is 32.2. The number of nitrogens with one attached hydrogen (secondary N) is 2. The first-order valence-corrected chi connectivity index (χ1v) is 17.9. The molecule has 11 heteroatoms. The number of carbonyl (C=O) groups excluding carboxylic acids is 2.